The summed E-state index contributed by atoms with van der Waals surface area (Å²) < 4.78 is 5.55. The maximum absolute atomic E-state index is 5.89. The normalized spacial score (nSPS) is 24.1. The van der Waals surface area contributed by atoms with Gasteiger partial charge in [0, 0.05) is 22.6 Å². The third-order valence-electron chi connectivity index (χ3n) is 3.21. The minimum Gasteiger partial charge on any atom is -0.376 e. The lowest BCUT2D eigenvalue weighted by atomic mass is 10.2. The van der Waals surface area contributed by atoms with Crippen LogP contribution in [-0.4, -0.2) is 24.4 Å². The Morgan fingerprint density at radius 2 is 2.15 bits per heavy atom. The fourth-order valence-corrected chi connectivity index (χ4v) is 2.92. The Labute approximate surface area is 127 Å². The van der Waals surface area contributed by atoms with Crippen molar-refractivity contribution < 1.29 is 4.74 Å². The first kappa shape index (κ1) is 13.8. The van der Waals surface area contributed by atoms with Crippen LogP contribution in [0.2, 0.25) is 5.02 Å². The van der Waals surface area contributed by atoms with E-state index >= 15 is 0 Å². The Morgan fingerprint density at radius 3 is 2.80 bits per heavy atom. The molecule has 106 valence electrons. The summed E-state index contributed by atoms with van der Waals surface area (Å²) in [5.74, 6) is 0. The van der Waals surface area contributed by atoms with Crippen molar-refractivity contribution in [3.05, 3.63) is 40.3 Å². The average Bonchev–Trinajstić information content (AvgIpc) is 3.00. The third-order valence-corrected chi connectivity index (χ3v) is 4.27. The zero-order chi connectivity index (χ0) is 13.8. The molecule has 0 spiro atoms. The van der Waals surface area contributed by atoms with Crippen LogP contribution in [0.3, 0.4) is 0 Å². The second-order valence-electron chi connectivity index (χ2n) is 4.69. The molecule has 4 nitrogen and oxygen atoms in total. The number of halogens is 1. The zero-order valence-electron chi connectivity index (χ0n) is 10.9. The molecule has 0 unspecified atom stereocenters. The van der Waals surface area contributed by atoms with E-state index in [1.807, 2.05) is 29.7 Å². The molecule has 2 N–H and O–H groups in total. The number of nitrogens with zero attached hydrogens (tertiary/aromatic N) is 1. The van der Waals surface area contributed by atoms with Crippen molar-refractivity contribution in [1.29, 1.82) is 0 Å². The number of ether oxygens (including phenoxy) is 1. The van der Waals surface area contributed by atoms with Crippen molar-refractivity contribution in [2.24, 2.45) is 4.99 Å². The van der Waals surface area contributed by atoms with Crippen molar-refractivity contribution in [2.75, 3.05) is 13.2 Å². The predicted molar refractivity (Wildman–Crippen MR) is 84.6 cm³/mol. The van der Waals surface area contributed by atoms with Gasteiger partial charge in [0.25, 0.3) is 0 Å². The highest BCUT2D eigenvalue weighted by molar-refractivity contribution is 8.16. The Morgan fingerprint density at radius 1 is 1.30 bits per heavy atom. The molecule has 2 aliphatic rings. The van der Waals surface area contributed by atoms with Crippen LogP contribution in [0.4, 0.5) is 0 Å². The molecule has 2 heterocycles. The maximum atomic E-state index is 5.89. The van der Waals surface area contributed by atoms with E-state index in [1.165, 1.54) is 0 Å². The van der Waals surface area contributed by atoms with Gasteiger partial charge in [-0.1, -0.05) is 35.5 Å². The number of benzene rings is 1. The molecule has 2 aliphatic heterocycles. The molecular weight excluding hydrogens is 294 g/mol. The summed E-state index contributed by atoms with van der Waals surface area (Å²) in [7, 11) is 0. The molecule has 1 saturated heterocycles. The summed E-state index contributed by atoms with van der Waals surface area (Å²) in [6, 6.07) is 7.73. The first-order valence-electron chi connectivity index (χ1n) is 6.62. The molecule has 3 rings (SSSR count). The van der Waals surface area contributed by atoms with E-state index in [0.717, 1.165) is 47.4 Å². The van der Waals surface area contributed by atoms with E-state index in [9.17, 15) is 0 Å². The minimum absolute atomic E-state index is 0.284. The summed E-state index contributed by atoms with van der Waals surface area (Å²) in [6.07, 6.45) is 2.54. The van der Waals surface area contributed by atoms with Crippen LogP contribution >= 0.6 is 23.4 Å². The van der Waals surface area contributed by atoms with Crippen molar-refractivity contribution in [1.82, 2.24) is 10.9 Å². The van der Waals surface area contributed by atoms with E-state index in [4.69, 9.17) is 16.3 Å². The Balaban J connectivity index is 1.59. The van der Waals surface area contributed by atoms with E-state index in [1.54, 1.807) is 11.8 Å². The van der Waals surface area contributed by atoms with Crippen LogP contribution < -0.4 is 10.9 Å². The summed E-state index contributed by atoms with van der Waals surface area (Å²) in [4.78, 5) is 4.52. The lowest BCUT2D eigenvalue weighted by Crippen LogP contribution is -2.37. The van der Waals surface area contributed by atoms with E-state index < -0.39 is 0 Å². The van der Waals surface area contributed by atoms with Gasteiger partial charge < -0.3 is 4.74 Å². The number of hydrogen-bond donors (Lipinski definition) is 2. The molecule has 20 heavy (non-hydrogen) atoms. The predicted octanol–water partition coefficient (Wildman–Crippen LogP) is 3.01. The van der Waals surface area contributed by atoms with Crippen molar-refractivity contribution >= 4 is 34.2 Å². The van der Waals surface area contributed by atoms with Crippen LogP contribution in [0.1, 0.15) is 18.4 Å². The van der Waals surface area contributed by atoms with Crippen LogP contribution in [0.5, 0.6) is 0 Å². The number of amidine groups is 1. The molecule has 1 atom stereocenters. The summed E-state index contributed by atoms with van der Waals surface area (Å²) in [6.45, 7) is 1.59. The molecule has 6 heteroatoms. The molecule has 0 aliphatic carbocycles. The van der Waals surface area contributed by atoms with Gasteiger partial charge in [0.15, 0.2) is 5.17 Å². The fraction of sp³-hybridized carbons (Fsp3) is 0.357. The summed E-state index contributed by atoms with van der Waals surface area (Å²) in [5.41, 5.74) is 8.38. The van der Waals surface area contributed by atoms with Crippen molar-refractivity contribution in [3.8, 4) is 0 Å². The number of aliphatic imine (C=N–C) groups is 1. The molecular formula is C14H16ClN3OS. The standard InChI is InChI=1S/C14H16ClN3OS/c15-11-5-3-10(4-6-11)13-9-20-14(18-17-13)16-8-12-2-1-7-19-12/h3-6,9,12,17H,1-2,7-8H2,(H,16,18)/t12-/m1/s1. The average molecular weight is 310 g/mol. The number of hydrazine groups is 1. The van der Waals surface area contributed by atoms with Crippen molar-refractivity contribution in [2.45, 2.75) is 18.9 Å². The molecule has 1 fully saturated rings. The smallest absolute Gasteiger partial charge is 0.179 e. The number of hydrogen-bond acceptors (Lipinski definition) is 4. The number of rotatable bonds is 3. The van der Waals surface area contributed by atoms with Crippen molar-refractivity contribution in [3.63, 3.8) is 0 Å². The van der Waals surface area contributed by atoms with Gasteiger partial charge in [-0.05, 0) is 25.0 Å². The van der Waals surface area contributed by atoms with E-state index in [2.05, 4.69) is 15.8 Å². The zero-order valence-corrected chi connectivity index (χ0v) is 12.5. The van der Waals surface area contributed by atoms with Gasteiger partial charge in [0.1, 0.15) is 0 Å². The summed E-state index contributed by atoms with van der Waals surface area (Å²) >= 11 is 7.47. The quantitative estimate of drug-likeness (QED) is 0.901. The Kier molecular flexibility index (Phi) is 4.50. The number of thioether (sulfide) groups is 1. The van der Waals surface area contributed by atoms with E-state index in [-0.39, 0.29) is 6.10 Å². The maximum Gasteiger partial charge on any atom is 0.179 e. The van der Waals surface area contributed by atoms with Crippen LogP contribution in [-0.2, 0) is 4.74 Å². The van der Waals surface area contributed by atoms with E-state index in [0.29, 0.717) is 0 Å². The Hall–Kier alpha value is -1.17. The second-order valence-corrected chi connectivity index (χ2v) is 5.98. The van der Waals surface area contributed by atoms with Gasteiger partial charge >= 0.3 is 0 Å². The number of nitrogens with one attached hydrogen (secondary N) is 2. The van der Waals surface area contributed by atoms with Crippen LogP contribution in [0.25, 0.3) is 5.70 Å². The first-order valence-corrected chi connectivity index (χ1v) is 7.88. The molecule has 0 saturated carbocycles. The van der Waals surface area contributed by atoms with Gasteiger partial charge in [-0.15, -0.1) is 0 Å². The highest BCUT2D eigenvalue weighted by Gasteiger charge is 2.16. The minimum atomic E-state index is 0.284. The highest BCUT2D eigenvalue weighted by Crippen LogP contribution is 2.21. The monoisotopic (exact) mass is 309 g/mol. The third kappa shape index (κ3) is 3.48. The summed E-state index contributed by atoms with van der Waals surface area (Å²) in [5, 5.41) is 3.66. The SMILES string of the molecule is Clc1ccc(C2=CSC(=NC[C@H]3CCCO3)NN2)cc1. The topological polar surface area (TPSA) is 45.6 Å². The van der Waals surface area contributed by atoms with Gasteiger partial charge in [0.05, 0.1) is 18.3 Å². The first-order chi connectivity index (χ1) is 9.81. The van der Waals surface area contributed by atoms with Gasteiger partial charge in [-0.3, -0.25) is 15.8 Å². The molecule has 0 amide bonds. The molecule has 0 aromatic heterocycles. The lowest BCUT2D eigenvalue weighted by molar-refractivity contribution is 0.118. The molecule has 0 bridgehead atoms. The largest absolute Gasteiger partial charge is 0.376 e. The Bertz CT molecular complexity index is 524. The fourth-order valence-electron chi connectivity index (χ4n) is 2.11. The molecule has 0 radical (unpaired) electrons. The van der Waals surface area contributed by atoms with Crippen LogP contribution in [0.15, 0.2) is 34.7 Å². The highest BCUT2D eigenvalue weighted by atomic mass is 35.5. The lowest BCUT2D eigenvalue weighted by Gasteiger charge is -2.19. The molecule has 1 aromatic carbocycles. The second kappa shape index (κ2) is 6.52. The van der Waals surface area contributed by atoms with Crippen LogP contribution in [0, 0.1) is 0 Å². The van der Waals surface area contributed by atoms with Gasteiger partial charge in [0.2, 0.25) is 0 Å². The van der Waals surface area contributed by atoms with Gasteiger partial charge in [-0.25, -0.2) is 0 Å². The van der Waals surface area contributed by atoms with Gasteiger partial charge in [-0.2, -0.15) is 0 Å². The molecule has 1 aromatic rings.